The fourth-order valence-corrected chi connectivity index (χ4v) is 5.38. The third-order valence-corrected chi connectivity index (χ3v) is 7.36. The number of rotatable bonds is 7. The van der Waals surface area contributed by atoms with Gasteiger partial charge in [0, 0.05) is 0 Å². The van der Waals surface area contributed by atoms with E-state index in [0.29, 0.717) is 11.8 Å². The van der Waals surface area contributed by atoms with Crippen molar-refractivity contribution in [3.8, 4) is 11.5 Å². The van der Waals surface area contributed by atoms with Crippen LogP contribution in [0.15, 0.2) is 71.6 Å². The van der Waals surface area contributed by atoms with Crippen molar-refractivity contribution < 1.29 is 45.0 Å². The van der Waals surface area contributed by atoms with Gasteiger partial charge in [-0.15, -0.1) is 13.2 Å². The summed E-state index contributed by atoms with van der Waals surface area (Å²) in [5.74, 6) is -3.76. The predicted molar refractivity (Wildman–Crippen MR) is 127 cm³/mol. The molecule has 0 spiro atoms. The molecular formula is C25H20F4N2O6S. The highest BCUT2D eigenvalue weighted by molar-refractivity contribution is 7.91. The van der Waals surface area contributed by atoms with E-state index in [1.165, 1.54) is 12.1 Å². The lowest BCUT2D eigenvalue weighted by Gasteiger charge is -2.25. The zero-order valence-electron chi connectivity index (χ0n) is 19.4. The van der Waals surface area contributed by atoms with Crippen LogP contribution in [0.4, 0.5) is 23.2 Å². The molecule has 0 unspecified atom stereocenters. The average Bonchev–Trinajstić information content (AvgIpc) is 2.91. The molecule has 0 bridgehead atoms. The van der Waals surface area contributed by atoms with Crippen molar-refractivity contribution in [2.45, 2.75) is 23.8 Å². The van der Waals surface area contributed by atoms with Crippen LogP contribution < -0.4 is 20.1 Å². The largest absolute Gasteiger partial charge is 0.573 e. The molecule has 1 aliphatic heterocycles. The monoisotopic (exact) mass is 552 g/mol. The maximum atomic E-state index is 15.0. The number of halogens is 4. The van der Waals surface area contributed by atoms with Crippen LogP contribution >= 0.6 is 0 Å². The van der Waals surface area contributed by atoms with E-state index in [-0.39, 0.29) is 17.8 Å². The Morgan fingerprint density at radius 2 is 1.68 bits per heavy atom. The Labute approximate surface area is 214 Å². The number of sulfone groups is 1. The Morgan fingerprint density at radius 1 is 1.03 bits per heavy atom. The van der Waals surface area contributed by atoms with Crippen LogP contribution in [0.5, 0.6) is 11.5 Å². The Morgan fingerprint density at radius 3 is 2.32 bits per heavy atom. The third kappa shape index (κ3) is 6.11. The Kier molecular flexibility index (Phi) is 7.42. The van der Waals surface area contributed by atoms with Crippen molar-refractivity contribution >= 4 is 27.2 Å². The molecule has 3 aromatic rings. The number of nitrogens with zero attached hydrogens (tertiary/aromatic N) is 1. The van der Waals surface area contributed by atoms with E-state index in [2.05, 4.69) is 4.74 Å². The van der Waals surface area contributed by atoms with Gasteiger partial charge >= 0.3 is 6.36 Å². The molecule has 0 radical (unpaired) electrons. The molecule has 0 aromatic heterocycles. The topological polar surface area (TPSA) is 116 Å². The van der Waals surface area contributed by atoms with Crippen molar-refractivity contribution in [1.29, 1.82) is 0 Å². The molecule has 0 saturated carbocycles. The number of nitrogens with two attached hydrogens (primary N) is 1. The summed E-state index contributed by atoms with van der Waals surface area (Å²) >= 11 is 0. The zero-order chi connectivity index (χ0) is 27.7. The van der Waals surface area contributed by atoms with E-state index in [1.807, 2.05) is 0 Å². The highest BCUT2D eigenvalue weighted by Gasteiger charge is 2.37. The minimum absolute atomic E-state index is 0.287. The number of carbonyl (C=O) groups excluding carboxylic acids is 2. The number of ether oxygens (including phenoxy) is 2. The lowest BCUT2D eigenvalue weighted by atomic mass is 10.1. The lowest BCUT2D eigenvalue weighted by molar-refractivity contribution is -0.274. The van der Waals surface area contributed by atoms with Gasteiger partial charge in [-0.2, -0.15) is 0 Å². The van der Waals surface area contributed by atoms with Crippen molar-refractivity contribution in [3.63, 3.8) is 0 Å². The molecule has 1 atom stereocenters. The minimum Gasteiger partial charge on any atom is -0.485 e. The number of carbonyl (C=O) groups is 2. The van der Waals surface area contributed by atoms with Crippen LogP contribution in [0.3, 0.4) is 0 Å². The number of hydrogen-bond acceptors (Lipinski definition) is 7. The van der Waals surface area contributed by atoms with Crippen molar-refractivity contribution in [2.75, 3.05) is 17.3 Å². The molecule has 1 heterocycles. The van der Waals surface area contributed by atoms with Crippen LogP contribution in [0.25, 0.3) is 0 Å². The quantitative estimate of drug-likeness (QED) is 0.352. The summed E-state index contributed by atoms with van der Waals surface area (Å²) < 4.78 is 87.4. The first-order valence-electron chi connectivity index (χ1n) is 11.0. The van der Waals surface area contributed by atoms with Crippen LogP contribution in [0.1, 0.15) is 15.9 Å². The molecule has 200 valence electrons. The van der Waals surface area contributed by atoms with E-state index < -0.39 is 68.3 Å². The molecule has 8 nitrogen and oxygen atoms in total. The van der Waals surface area contributed by atoms with Gasteiger partial charge in [-0.25, -0.2) is 12.8 Å². The van der Waals surface area contributed by atoms with Gasteiger partial charge in [-0.05, 0) is 42.0 Å². The third-order valence-electron chi connectivity index (χ3n) is 5.57. The number of amides is 1. The molecule has 38 heavy (non-hydrogen) atoms. The lowest BCUT2D eigenvalue weighted by Crippen LogP contribution is -2.45. The van der Waals surface area contributed by atoms with Crippen LogP contribution in [-0.2, 0) is 21.2 Å². The second-order valence-corrected chi connectivity index (χ2v) is 10.3. The maximum absolute atomic E-state index is 15.0. The van der Waals surface area contributed by atoms with E-state index >= 15 is 0 Å². The van der Waals surface area contributed by atoms with Gasteiger partial charge in [0.15, 0.2) is 16.4 Å². The van der Waals surface area contributed by atoms with Crippen molar-refractivity contribution in [3.05, 3.63) is 83.7 Å². The summed E-state index contributed by atoms with van der Waals surface area (Å²) in [6.45, 7) is -0.901. The molecule has 0 fully saturated rings. The maximum Gasteiger partial charge on any atom is 0.573 e. The first-order chi connectivity index (χ1) is 17.8. The first kappa shape index (κ1) is 27.1. The van der Waals surface area contributed by atoms with Gasteiger partial charge < -0.3 is 20.1 Å². The summed E-state index contributed by atoms with van der Waals surface area (Å²) in [7, 11) is -4.25. The standard InChI is InChI=1S/C25H20F4N2O6S/c26-19-11-23-21(10-18(19)22(32)13-36-16-4-2-1-3-5-16)31(24(33)20(30)14-38(23,34)35)12-15-6-8-17(9-7-15)37-25(27,28)29/h1-11,20H,12-14,30H2/t20-/m0/s1. The molecule has 1 amide bonds. The second-order valence-electron chi connectivity index (χ2n) is 8.33. The molecular weight excluding hydrogens is 532 g/mol. The smallest absolute Gasteiger partial charge is 0.485 e. The van der Waals surface area contributed by atoms with Crippen LogP contribution in [0.2, 0.25) is 0 Å². The second kappa shape index (κ2) is 10.4. The summed E-state index contributed by atoms with van der Waals surface area (Å²) in [4.78, 5) is 26.3. The number of Topliss-reactive ketones (excluding diaryl/α,β-unsaturated/α-hetero) is 1. The SMILES string of the molecule is N[C@H]1CS(=O)(=O)c2cc(F)c(C(=O)COc3ccccc3)cc2N(Cc2ccc(OC(F)(F)F)cc2)C1=O. The van der Waals surface area contributed by atoms with E-state index in [4.69, 9.17) is 10.5 Å². The van der Waals surface area contributed by atoms with Gasteiger partial charge in [-0.3, -0.25) is 9.59 Å². The number of fused-ring (bicyclic) bond motifs is 1. The normalized spacial score (nSPS) is 16.9. The Hall–Kier alpha value is -3.97. The number of para-hydroxylation sites is 1. The molecule has 0 aliphatic carbocycles. The highest BCUT2D eigenvalue weighted by atomic mass is 32.2. The summed E-state index contributed by atoms with van der Waals surface area (Å²) in [6, 6.07) is 12.8. The Bertz CT molecular complexity index is 1460. The fraction of sp³-hybridized carbons (Fsp3) is 0.200. The Balaban J connectivity index is 1.70. The number of alkyl halides is 3. The number of ketones is 1. The minimum atomic E-state index is -4.90. The molecule has 1 aliphatic rings. The van der Waals surface area contributed by atoms with Crippen LogP contribution in [0, 0.1) is 5.82 Å². The van der Waals surface area contributed by atoms with Gasteiger partial charge in [0.05, 0.1) is 34.5 Å². The van der Waals surface area contributed by atoms with E-state index in [0.717, 1.165) is 23.1 Å². The van der Waals surface area contributed by atoms with E-state index in [1.54, 1.807) is 30.3 Å². The molecule has 2 N–H and O–H groups in total. The number of benzene rings is 3. The summed E-state index contributed by atoms with van der Waals surface area (Å²) in [5, 5.41) is 0. The average molecular weight is 553 g/mol. The zero-order valence-corrected chi connectivity index (χ0v) is 20.3. The highest BCUT2D eigenvalue weighted by Crippen LogP contribution is 2.34. The fourth-order valence-electron chi connectivity index (χ4n) is 3.82. The van der Waals surface area contributed by atoms with Crippen molar-refractivity contribution in [1.82, 2.24) is 0 Å². The summed E-state index contributed by atoms with van der Waals surface area (Å²) in [5.41, 5.74) is 5.30. The first-order valence-corrected chi connectivity index (χ1v) is 12.7. The molecule has 3 aromatic carbocycles. The van der Waals surface area contributed by atoms with Gasteiger partial charge in [0.1, 0.15) is 17.3 Å². The van der Waals surface area contributed by atoms with Gasteiger partial charge in [-0.1, -0.05) is 30.3 Å². The number of hydrogen-bond donors (Lipinski definition) is 1. The van der Waals surface area contributed by atoms with Crippen molar-refractivity contribution in [2.24, 2.45) is 5.73 Å². The summed E-state index contributed by atoms with van der Waals surface area (Å²) in [6.07, 6.45) is -4.90. The van der Waals surface area contributed by atoms with E-state index in [9.17, 15) is 35.6 Å². The molecule has 0 saturated heterocycles. The van der Waals surface area contributed by atoms with Crippen LogP contribution in [-0.4, -0.2) is 44.9 Å². The number of anilines is 1. The molecule has 13 heteroatoms. The van der Waals surface area contributed by atoms with Gasteiger partial charge in [0.25, 0.3) is 0 Å². The van der Waals surface area contributed by atoms with Gasteiger partial charge in [0.2, 0.25) is 11.7 Å². The molecule has 4 rings (SSSR count). The predicted octanol–water partition coefficient (Wildman–Crippen LogP) is 3.63.